The first kappa shape index (κ1) is 12.7. The molecule has 86 valence electrons. The quantitative estimate of drug-likeness (QED) is 0.584. The zero-order valence-electron chi connectivity index (χ0n) is 8.98. The van der Waals surface area contributed by atoms with Gasteiger partial charge in [-0.05, 0) is 5.56 Å². The van der Waals surface area contributed by atoms with E-state index in [4.69, 9.17) is 16.3 Å². The lowest BCUT2D eigenvalue weighted by Gasteiger charge is -2.14. The highest BCUT2D eigenvalue weighted by atomic mass is 35.5. The van der Waals surface area contributed by atoms with Crippen molar-refractivity contribution in [2.24, 2.45) is 0 Å². The van der Waals surface area contributed by atoms with Crippen LogP contribution in [0, 0.1) is 0 Å². The van der Waals surface area contributed by atoms with Gasteiger partial charge in [-0.3, -0.25) is 9.59 Å². The third-order valence-electron chi connectivity index (χ3n) is 2.06. The van der Waals surface area contributed by atoms with E-state index in [1.807, 2.05) is 30.3 Å². The number of ketones is 1. The number of esters is 1. The highest BCUT2D eigenvalue weighted by molar-refractivity contribution is 6.28. The Bertz CT molecular complexity index is 362. The van der Waals surface area contributed by atoms with Crippen molar-refractivity contribution in [2.75, 3.05) is 5.88 Å². The van der Waals surface area contributed by atoms with Gasteiger partial charge < -0.3 is 4.74 Å². The fourth-order valence-electron chi connectivity index (χ4n) is 1.34. The van der Waals surface area contributed by atoms with Crippen LogP contribution < -0.4 is 0 Å². The first-order valence-electron chi connectivity index (χ1n) is 4.93. The van der Waals surface area contributed by atoms with E-state index >= 15 is 0 Å². The maximum absolute atomic E-state index is 11.4. The first-order chi connectivity index (χ1) is 7.63. The van der Waals surface area contributed by atoms with Crippen molar-refractivity contribution < 1.29 is 14.3 Å². The van der Waals surface area contributed by atoms with E-state index in [0.717, 1.165) is 5.56 Å². The summed E-state index contributed by atoms with van der Waals surface area (Å²) in [6.07, 6.45) is -0.413. The lowest BCUT2D eigenvalue weighted by Crippen LogP contribution is -2.29. The molecule has 0 heterocycles. The molecule has 0 N–H and O–H groups in total. The fraction of sp³-hybridized carbons (Fsp3) is 0.333. The molecule has 0 bridgehead atoms. The molecule has 0 spiro atoms. The zero-order chi connectivity index (χ0) is 12.0. The Morgan fingerprint density at radius 1 is 1.31 bits per heavy atom. The molecule has 4 heteroatoms. The highest BCUT2D eigenvalue weighted by Gasteiger charge is 2.20. The van der Waals surface area contributed by atoms with E-state index in [-0.39, 0.29) is 11.7 Å². The Kier molecular flexibility index (Phi) is 4.99. The van der Waals surface area contributed by atoms with Crippen LogP contribution in [0.4, 0.5) is 0 Å². The molecule has 0 aromatic heterocycles. The van der Waals surface area contributed by atoms with Crippen molar-refractivity contribution in [3.05, 3.63) is 35.9 Å². The summed E-state index contributed by atoms with van der Waals surface area (Å²) in [7, 11) is 0. The predicted octanol–water partition coefficient (Wildman–Crippen LogP) is 1.97. The van der Waals surface area contributed by atoms with Gasteiger partial charge in [-0.15, -0.1) is 11.6 Å². The van der Waals surface area contributed by atoms with Crippen molar-refractivity contribution in [3.8, 4) is 0 Å². The minimum atomic E-state index is -0.780. The van der Waals surface area contributed by atoms with Gasteiger partial charge >= 0.3 is 5.97 Å². The number of carbonyl (C=O) groups is 2. The molecule has 1 rings (SSSR count). The summed E-state index contributed by atoms with van der Waals surface area (Å²) < 4.78 is 4.93. The van der Waals surface area contributed by atoms with Crippen LogP contribution in [-0.2, 0) is 20.7 Å². The SMILES string of the molecule is CC(=O)OC(Cc1ccccc1)C(=O)CCl. The van der Waals surface area contributed by atoms with Crippen molar-refractivity contribution in [1.29, 1.82) is 0 Å². The van der Waals surface area contributed by atoms with E-state index in [0.29, 0.717) is 6.42 Å². The second kappa shape index (κ2) is 6.28. The minimum absolute atomic E-state index is 0.148. The average molecular weight is 241 g/mol. The van der Waals surface area contributed by atoms with Crippen LogP contribution in [0.25, 0.3) is 0 Å². The Hall–Kier alpha value is -1.35. The molecule has 0 aliphatic carbocycles. The van der Waals surface area contributed by atoms with Gasteiger partial charge in [0, 0.05) is 13.3 Å². The average Bonchev–Trinajstić information content (AvgIpc) is 2.28. The molecule has 0 aliphatic heterocycles. The third-order valence-corrected chi connectivity index (χ3v) is 2.33. The summed E-state index contributed by atoms with van der Waals surface area (Å²) in [5, 5.41) is 0. The summed E-state index contributed by atoms with van der Waals surface area (Å²) in [5.74, 6) is -0.898. The molecular formula is C12H13ClO3. The van der Waals surface area contributed by atoms with Crippen molar-refractivity contribution in [1.82, 2.24) is 0 Å². The Morgan fingerprint density at radius 3 is 2.44 bits per heavy atom. The van der Waals surface area contributed by atoms with Crippen molar-refractivity contribution >= 4 is 23.4 Å². The van der Waals surface area contributed by atoms with Crippen LogP contribution in [0.2, 0.25) is 0 Å². The molecule has 0 radical (unpaired) electrons. The van der Waals surface area contributed by atoms with E-state index in [9.17, 15) is 9.59 Å². The van der Waals surface area contributed by atoms with Gasteiger partial charge in [0.1, 0.15) is 0 Å². The Balaban J connectivity index is 2.70. The van der Waals surface area contributed by atoms with Crippen LogP contribution in [0.3, 0.4) is 0 Å². The van der Waals surface area contributed by atoms with E-state index in [1.54, 1.807) is 0 Å². The maximum atomic E-state index is 11.4. The summed E-state index contributed by atoms with van der Waals surface area (Å²) in [6.45, 7) is 1.28. The van der Waals surface area contributed by atoms with Crippen LogP contribution in [0.1, 0.15) is 12.5 Å². The Labute approximate surface area is 99.4 Å². The van der Waals surface area contributed by atoms with Crippen LogP contribution >= 0.6 is 11.6 Å². The molecule has 0 fully saturated rings. The standard InChI is InChI=1S/C12H13ClO3/c1-9(14)16-12(11(15)8-13)7-10-5-3-2-4-6-10/h2-6,12H,7-8H2,1H3. The van der Waals surface area contributed by atoms with E-state index < -0.39 is 12.1 Å². The third kappa shape index (κ3) is 4.03. The Morgan fingerprint density at radius 2 is 1.94 bits per heavy atom. The number of alkyl halides is 1. The number of Topliss-reactive ketones (excluding diaryl/α,β-unsaturated/α-hetero) is 1. The molecule has 1 aromatic rings. The highest BCUT2D eigenvalue weighted by Crippen LogP contribution is 2.08. The molecular weight excluding hydrogens is 228 g/mol. The van der Waals surface area contributed by atoms with Gasteiger partial charge in [0.25, 0.3) is 0 Å². The molecule has 0 aliphatic rings. The van der Waals surface area contributed by atoms with Crippen molar-refractivity contribution in [3.63, 3.8) is 0 Å². The maximum Gasteiger partial charge on any atom is 0.303 e. The van der Waals surface area contributed by atoms with Gasteiger partial charge in [-0.1, -0.05) is 30.3 Å². The molecule has 1 unspecified atom stereocenters. The lowest BCUT2D eigenvalue weighted by molar-refractivity contribution is -0.152. The number of carbonyl (C=O) groups excluding carboxylic acids is 2. The smallest absolute Gasteiger partial charge is 0.303 e. The number of halogens is 1. The summed E-state index contributed by atoms with van der Waals surface area (Å²) in [4.78, 5) is 22.3. The van der Waals surface area contributed by atoms with Crippen molar-refractivity contribution in [2.45, 2.75) is 19.4 Å². The monoisotopic (exact) mass is 240 g/mol. The minimum Gasteiger partial charge on any atom is -0.454 e. The summed E-state index contributed by atoms with van der Waals surface area (Å²) in [5.41, 5.74) is 0.937. The van der Waals surface area contributed by atoms with Gasteiger partial charge in [-0.2, -0.15) is 0 Å². The van der Waals surface area contributed by atoms with Gasteiger partial charge in [0.15, 0.2) is 11.9 Å². The molecule has 1 aromatic carbocycles. The second-order valence-corrected chi connectivity index (χ2v) is 3.66. The number of hydrogen-bond donors (Lipinski definition) is 0. The van der Waals surface area contributed by atoms with Crippen LogP contribution in [-0.4, -0.2) is 23.7 Å². The first-order valence-corrected chi connectivity index (χ1v) is 5.46. The van der Waals surface area contributed by atoms with Gasteiger partial charge in [0.2, 0.25) is 0 Å². The predicted molar refractivity (Wildman–Crippen MR) is 61.4 cm³/mol. The molecule has 1 atom stereocenters. The molecule has 16 heavy (non-hydrogen) atoms. The summed E-state index contributed by atoms with van der Waals surface area (Å²) in [6, 6.07) is 9.36. The normalized spacial score (nSPS) is 11.9. The van der Waals surface area contributed by atoms with Crippen LogP contribution in [0.5, 0.6) is 0 Å². The summed E-state index contributed by atoms with van der Waals surface area (Å²) >= 11 is 5.46. The zero-order valence-corrected chi connectivity index (χ0v) is 9.74. The van der Waals surface area contributed by atoms with E-state index in [2.05, 4.69) is 0 Å². The largest absolute Gasteiger partial charge is 0.454 e. The molecule has 0 saturated heterocycles. The molecule has 0 saturated carbocycles. The fourth-order valence-corrected chi connectivity index (χ4v) is 1.51. The van der Waals surface area contributed by atoms with Gasteiger partial charge in [0.05, 0.1) is 5.88 Å². The lowest BCUT2D eigenvalue weighted by atomic mass is 10.1. The number of hydrogen-bond acceptors (Lipinski definition) is 3. The molecule has 3 nitrogen and oxygen atoms in total. The van der Waals surface area contributed by atoms with Gasteiger partial charge in [-0.25, -0.2) is 0 Å². The second-order valence-electron chi connectivity index (χ2n) is 3.39. The van der Waals surface area contributed by atoms with Crippen LogP contribution in [0.15, 0.2) is 30.3 Å². The molecule has 0 amide bonds. The topological polar surface area (TPSA) is 43.4 Å². The number of benzene rings is 1. The number of ether oxygens (including phenoxy) is 1. The van der Waals surface area contributed by atoms with E-state index in [1.165, 1.54) is 6.92 Å². The number of rotatable bonds is 5.